The second kappa shape index (κ2) is 9.16. The van der Waals surface area contributed by atoms with Gasteiger partial charge >= 0.3 is 0 Å². The number of rotatable bonds is 8. The van der Waals surface area contributed by atoms with Gasteiger partial charge in [0.1, 0.15) is 0 Å². The summed E-state index contributed by atoms with van der Waals surface area (Å²) in [7, 11) is 0. The van der Waals surface area contributed by atoms with Gasteiger partial charge in [-0.2, -0.15) is 0 Å². The fourth-order valence-corrected chi connectivity index (χ4v) is 2.26. The summed E-state index contributed by atoms with van der Waals surface area (Å²) in [5.41, 5.74) is 2.10. The van der Waals surface area contributed by atoms with Gasteiger partial charge in [0.05, 0.1) is 13.0 Å². The van der Waals surface area contributed by atoms with Crippen LogP contribution in [0.5, 0.6) is 0 Å². The molecule has 2 amide bonds. The van der Waals surface area contributed by atoms with Crippen molar-refractivity contribution in [3.05, 3.63) is 35.4 Å². The zero-order chi connectivity index (χ0) is 15.7. The highest BCUT2D eigenvalue weighted by Crippen LogP contribution is 2.04. The second-order valence-electron chi connectivity index (χ2n) is 5.32. The lowest BCUT2D eigenvalue weighted by Crippen LogP contribution is -2.41. The Bertz CT molecular complexity index is 466. The van der Waals surface area contributed by atoms with Gasteiger partial charge in [-0.15, -0.1) is 0 Å². The summed E-state index contributed by atoms with van der Waals surface area (Å²) in [6.45, 7) is 7.68. The van der Waals surface area contributed by atoms with E-state index in [0.717, 1.165) is 37.1 Å². The minimum atomic E-state index is -0.109. The fourth-order valence-electron chi connectivity index (χ4n) is 2.26. The molecule has 21 heavy (non-hydrogen) atoms. The zero-order valence-corrected chi connectivity index (χ0v) is 13.3. The highest BCUT2D eigenvalue weighted by molar-refractivity contribution is 5.85. The van der Waals surface area contributed by atoms with E-state index >= 15 is 0 Å². The molecule has 116 valence electrons. The largest absolute Gasteiger partial charge is 0.347 e. The first kappa shape index (κ1) is 17.2. The highest BCUT2D eigenvalue weighted by Gasteiger charge is 2.13. The first-order valence-corrected chi connectivity index (χ1v) is 7.66. The SMILES string of the molecule is CCCN(CCC)C(=O)CNC(=O)Cc1cccc(C)c1. The van der Waals surface area contributed by atoms with Gasteiger partial charge in [-0.25, -0.2) is 0 Å². The van der Waals surface area contributed by atoms with Crippen molar-refractivity contribution in [1.29, 1.82) is 0 Å². The number of hydrogen-bond donors (Lipinski definition) is 1. The zero-order valence-electron chi connectivity index (χ0n) is 13.3. The number of carbonyl (C=O) groups is 2. The third-order valence-electron chi connectivity index (χ3n) is 3.22. The molecule has 0 saturated carbocycles. The van der Waals surface area contributed by atoms with Gasteiger partial charge < -0.3 is 10.2 Å². The molecular formula is C17H26N2O2. The van der Waals surface area contributed by atoms with Crippen LogP contribution in [0.1, 0.15) is 37.8 Å². The first-order chi connectivity index (χ1) is 10.1. The third kappa shape index (κ3) is 6.43. The molecule has 0 fully saturated rings. The summed E-state index contributed by atoms with van der Waals surface area (Å²) in [6.07, 6.45) is 2.18. The lowest BCUT2D eigenvalue weighted by atomic mass is 10.1. The summed E-state index contributed by atoms with van der Waals surface area (Å²) in [4.78, 5) is 25.7. The average Bonchev–Trinajstić information content (AvgIpc) is 2.44. The number of benzene rings is 1. The van der Waals surface area contributed by atoms with Crippen LogP contribution in [0.4, 0.5) is 0 Å². The molecule has 0 saturated heterocycles. The molecule has 4 nitrogen and oxygen atoms in total. The van der Waals surface area contributed by atoms with E-state index < -0.39 is 0 Å². The fraction of sp³-hybridized carbons (Fsp3) is 0.529. The van der Waals surface area contributed by atoms with Gasteiger partial charge in [0.25, 0.3) is 0 Å². The summed E-state index contributed by atoms with van der Waals surface area (Å²) in [5, 5.41) is 2.72. The topological polar surface area (TPSA) is 49.4 Å². The minimum Gasteiger partial charge on any atom is -0.347 e. The van der Waals surface area contributed by atoms with E-state index in [9.17, 15) is 9.59 Å². The monoisotopic (exact) mass is 290 g/mol. The van der Waals surface area contributed by atoms with Crippen LogP contribution >= 0.6 is 0 Å². The maximum atomic E-state index is 12.0. The molecule has 1 N–H and O–H groups in total. The molecule has 0 bridgehead atoms. The van der Waals surface area contributed by atoms with Crippen molar-refractivity contribution in [3.63, 3.8) is 0 Å². The van der Waals surface area contributed by atoms with Crippen LogP contribution < -0.4 is 5.32 Å². The molecule has 0 aliphatic carbocycles. The molecule has 1 aromatic carbocycles. The summed E-state index contributed by atoms with van der Waals surface area (Å²) in [5.74, 6) is -0.113. The van der Waals surface area contributed by atoms with E-state index in [0.29, 0.717) is 6.42 Å². The minimum absolute atomic E-state index is 0.00343. The maximum absolute atomic E-state index is 12.0. The molecule has 0 aliphatic heterocycles. The van der Waals surface area contributed by atoms with Crippen LogP contribution in [-0.2, 0) is 16.0 Å². The molecule has 1 rings (SSSR count). The van der Waals surface area contributed by atoms with E-state index in [1.165, 1.54) is 0 Å². The molecule has 1 aromatic rings. The van der Waals surface area contributed by atoms with Crippen molar-refractivity contribution in [2.45, 2.75) is 40.0 Å². The molecule has 0 atom stereocenters. The van der Waals surface area contributed by atoms with Crippen LogP contribution in [-0.4, -0.2) is 36.3 Å². The number of aryl methyl sites for hydroxylation is 1. The van der Waals surface area contributed by atoms with E-state index in [4.69, 9.17) is 0 Å². The van der Waals surface area contributed by atoms with Crippen molar-refractivity contribution in [1.82, 2.24) is 10.2 Å². The Kier molecular flexibility index (Phi) is 7.51. The van der Waals surface area contributed by atoms with E-state index in [-0.39, 0.29) is 18.4 Å². The van der Waals surface area contributed by atoms with Crippen LogP contribution in [0.15, 0.2) is 24.3 Å². The summed E-state index contributed by atoms with van der Waals surface area (Å²) >= 11 is 0. The summed E-state index contributed by atoms with van der Waals surface area (Å²) in [6, 6.07) is 7.85. The Labute approximate surface area is 127 Å². The Morgan fingerprint density at radius 2 is 1.81 bits per heavy atom. The van der Waals surface area contributed by atoms with Crippen molar-refractivity contribution in [3.8, 4) is 0 Å². The number of hydrogen-bond acceptors (Lipinski definition) is 2. The number of carbonyl (C=O) groups excluding carboxylic acids is 2. The lowest BCUT2D eigenvalue weighted by molar-refractivity contribution is -0.132. The number of nitrogens with one attached hydrogen (secondary N) is 1. The quantitative estimate of drug-likeness (QED) is 0.798. The molecule has 4 heteroatoms. The average molecular weight is 290 g/mol. The molecule has 0 heterocycles. The Morgan fingerprint density at radius 1 is 1.14 bits per heavy atom. The van der Waals surface area contributed by atoms with E-state index in [1.807, 2.05) is 49.9 Å². The predicted molar refractivity (Wildman–Crippen MR) is 85.1 cm³/mol. The van der Waals surface area contributed by atoms with Gasteiger partial charge in [-0.3, -0.25) is 9.59 Å². The van der Waals surface area contributed by atoms with Crippen molar-refractivity contribution in [2.24, 2.45) is 0 Å². The third-order valence-corrected chi connectivity index (χ3v) is 3.22. The van der Waals surface area contributed by atoms with Crippen LogP contribution in [0, 0.1) is 6.92 Å². The van der Waals surface area contributed by atoms with Gasteiger partial charge in [0.15, 0.2) is 0 Å². The smallest absolute Gasteiger partial charge is 0.241 e. The van der Waals surface area contributed by atoms with E-state index in [1.54, 1.807) is 0 Å². The van der Waals surface area contributed by atoms with E-state index in [2.05, 4.69) is 5.32 Å². The van der Waals surface area contributed by atoms with Gasteiger partial charge in [-0.05, 0) is 25.3 Å². The molecule has 0 aliphatic rings. The van der Waals surface area contributed by atoms with Gasteiger partial charge in [0, 0.05) is 13.1 Å². The Hall–Kier alpha value is -1.84. The maximum Gasteiger partial charge on any atom is 0.241 e. The Morgan fingerprint density at radius 3 is 2.38 bits per heavy atom. The first-order valence-electron chi connectivity index (χ1n) is 7.66. The standard InChI is InChI=1S/C17H26N2O2/c1-4-9-19(10-5-2)17(21)13-18-16(20)12-15-8-6-7-14(3)11-15/h6-8,11H,4-5,9-10,12-13H2,1-3H3,(H,18,20). The van der Waals surface area contributed by atoms with Gasteiger partial charge in [0.2, 0.25) is 11.8 Å². The second-order valence-corrected chi connectivity index (χ2v) is 5.32. The normalized spacial score (nSPS) is 10.2. The van der Waals surface area contributed by atoms with Crippen molar-refractivity contribution >= 4 is 11.8 Å². The van der Waals surface area contributed by atoms with Crippen molar-refractivity contribution < 1.29 is 9.59 Å². The molecular weight excluding hydrogens is 264 g/mol. The van der Waals surface area contributed by atoms with Crippen LogP contribution in [0.2, 0.25) is 0 Å². The van der Waals surface area contributed by atoms with Gasteiger partial charge in [-0.1, -0.05) is 43.7 Å². The Balaban J connectivity index is 2.42. The van der Waals surface area contributed by atoms with Crippen LogP contribution in [0.3, 0.4) is 0 Å². The predicted octanol–water partition coefficient (Wildman–Crippen LogP) is 2.30. The molecule has 0 unspecified atom stereocenters. The van der Waals surface area contributed by atoms with Crippen LogP contribution in [0.25, 0.3) is 0 Å². The van der Waals surface area contributed by atoms with Crippen molar-refractivity contribution in [2.75, 3.05) is 19.6 Å². The highest BCUT2D eigenvalue weighted by atomic mass is 16.2. The molecule has 0 spiro atoms. The molecule has 0 radical (unpaired) electrons. The number of nitrogens with zero attached hydrogens (tertiary/aromatic N) is 1. The summed E-state index contributed by atoms with van der Waals surface area (Å²) < 4.78 is 0. The lowest BCUT2D eigenvalue weighted by Gasteiger charge is -2.21. The molecule has 0 aromatic heterocycles. The number of amides is 2.